The van der Waals surface area contributed by atoms with E-state index < -0.39 is 0 Å². The van der Waals surface area contributed by atoms with Crippen molar-refractivity contribution >= 4 is 28.6 Å². The fraction of sp³-hybridized carbons (Fsp3) is 0.375. The number of hydrogen-bond acceptors (Lipinski definition) is 6. The van der Waals surface area contributed by atoms with E-state index in [0.29, 0.717) is 48.8 Å². The van der Waals surface area contributed by atoms with Crippen LogP contribution in [0.4, 0.5) is 10.1 Å². The number of hydrogen-bond donors (Lipinski definition) is 2. The van der Waals surface area contributed by atoms with E-state index in [1.165, 1.54) is 10.7 Å². The minimum atomic E-state index is -0.313. The van der Waals surface area contributed by atoms with Gasteiger partial charge in [-0.3, -0.25) is 0 Å². The second kappa shape index (κ2) is 7.56. The third-order valence-electron chi connectivity index (χ3n) is 4.08. The van der Waals surface area contributed by atoms with Gasteiger partial charge in [0.15, 0.2) is 0 Å². The Bertz CT molecular complexity index is 796. The van der Waals surface area contributed by atoms with E-state index in [2.05, 4.69) is 20.8 Å². The maximum absolute atomic E-state index is 14.5. The summed E-state index contributed by atoms with van der Waals surface area (Å²) in [7, 11) is 0. The Morgan fingerprint density at radius 2 is 2.16 bits per heavy atom. The highest BCUT2D eigenvalue weighted by atomic mass is 32.1. The highest BCUT2D eigenvalue weighted by molar-refractivity contribution is 7.80. The number of benzene rings is 1. The van der Waals surface area contributed by atoms with Gasteiger partial charge in [-0.05, 0) is 19.1 Å². The second-order valence-corrected chi connectivity index (χ2v) is 6.47. The van der Waals surface area contributed by atoms with Crippen molar-refractivity contribution in [2.45, 2.75) is 26.3 Å². The number of aromatic nitrogens is 3. The van der Waals surface area contributed by atoms with E-state index in [-0.39, 0.29) is 5.82 Å². The van der Waals surface area contributed by atoms with E-state index in [1.54, 1.807) is 19.2 Å². The monoisotopic (exact) mass is 362 g/mol. The minimum Gasteiger partial charge on any atom is -0.411 e. The largest absolute Gasteiger partial charge is 0.411 e. The first-order chi connectivity index (χ1) is 12.1. The summed E-state index contributed by atoms with van der Waals surface area (Å²) in [6.07, 6.45) is 3.01. The maximum atomic E-state index is 14.5. The van der Waals surface area contributed by atoms with Crippen LogP contribution in [0.3, 0.4) is 0 Å². The summed E-state index contributed by atoms with van der Waals surface area (Å²) in [5.74, 6) is -0.313. The maximum Gasteiger partial charge on any atom is 0.148 e. The zero-order chi connectivity index (χ0) is 17.8. The highest BCUT2D eigenvalue weighted by Crippen LogP contribution is 2.24. The molecule has 0 unspecified atom stereocenters. The average molecular weight is 362 g/mol. The Balaban J connectivity index is 1.73. The summed E-state index contributed by atoms with van der Waals surface area (Å²) in [5.41, 5.74) is 2.62. The molecule has 9 heteroatoms. The molecule has 1 aromatic carbocycles. The van der Waals surface area contributed by atoms with Gasteiger partial charge in [-0.15, -0.1) is 5.10 Å². The Hall–Kier alpha value is -2.55. The molecule has 0 saturated carbocycles. The number of nitrogens with one attached hydrogen (secondary N) is 1. The van der Waals surface area contributed by atoms with E-state index in [4.69, 9.17) is 17.4 Å². The van der Waals surface area contributed by atoms with Crippen molar-refractivity contribution in [3.63, 3.8) is 0 Å². The van der Waals surface area contributed by atoms with Gasteiger partial charge >= 0.3 is 0 Å². The molecule has 0 radical (unpaired) electrons. The molecule has 0 atom stereocenters. The van der Waals surface area contributed by atoms with Gasteiger partial charge < -0.3 is 15.4 Å². The summed E-state index contributed by atoms with van der Waals surface area (Å²) in [4.78, 5) is 2.63. The van der Waals surface area contributed by atoms with Crippen LogP contribution in [0.1, 0.15) is 25.5 Å². The van der Waals surface area contributed by atoms with Crippen molar-refractivity contribution in [3.8, 4) is 5.69 Å². The first-order valence-corrected chi connectivity index (χ1v) is 8.38. The topological polar surface area (TPSA) is 78.6 Å². The van der Waals surface area contributed by atoms with Gasteiger partial charge in [-0.1, -0.05) is 22.6 Å². The molecule has 132 valence electrons. The lowest BCUT2D eigenvalue weighted by molar-refractivity contribution is 0.315. The van der Waals surface area contributed by atoms with Gasteiger partial charge in [0.1, 0.15) is 11.5 Å². The third kappa shape index (κ3) is 4.11. The van der Waals surface area contributed by atoms with E-state index in [9.17, 15) is 4.39 Å². The van der Waals surface area contributed by atoms with Crippen LogP contribution in [0.2, 0.25) is 0 Å². The predicted octanol–water partition coefficient (Wildman–Crippen LogP) is 2.27. The number of piperidine rings is 1. The van der Waals surface area contributed by atoms with Crippen LogP contribution in [-0.2, 0) is 6.54 Å². The summed E-state index contributed by atoms with van der Waals surface area (Å²) < 4.78 is 16.1. The van der Waals surface area contributed by atoms with Crippen LogP contribution >= 0.6 is 12.2 Å². The summed E-state index contributed by atoms with van der Waals surface area (Å²) in [6, 6.07) is 5.00. The molecule has 25 heavy (non-hydrogen) atoms. The molecule has 3 rings (SSSR count). The van der Waals surface area contributed by atoms with Crippen LogP contribution in [0.25, 0.3) is 5.69 Å². The van der Waals surface area contributed by atoms with Crippen molar-refractivity contribution in [2.75, 3.05) is 18.0 Å². The number of rotatable bonds is 4. The lowest BCUT2D eigenvalue weighted by Gasteiger charge is -2.29. The van der Waals surface area contributed by atoms with E-state index in [1.807, 2.05) is 11.0 Å². The summed E-state index contributed by atoms with van der Waals surface area (Å²) >= 11 is 4.96. The molecule has 1 fully saturated rings. The normalized spacial score (nSPS) is 14.5. The lowest BCUT2D eigenvalue weighted by atomic mass is 10.1. The zero-order valence-electron chi connectivity index (χ0n) is 13.8. The average Bonchev–Trinajstić information content (AvgIpc) is 3.09. The van der Waals surface area contributed by atoms with Crippen molar-refractivity contribution in [3.05, 3.63) is 35.9 Å². The van der Waals surface area contributed by atoms with Crippen molar-refractivity contribution < 1.29 is 9.60 Å². The van der Waals surface area contributed by atoms with Gasteiger partial charge in [0.05, 0.1) is 34.8 Å². The van der Waals surface area contributed by atoms with E-state index in [0.717, 1.165) is 11.4 Å². The van der Waals surface area contributed by atoms with Gasteiger partial charge in [0.25, 0.3) is 0 Å². The second-order valence-electron chi connectivity index (χ2n) is 5.85. The minimum absolute atomic E-state index is 0.313. The smallest absolute Gasteiger partial charge is 0.148 e. The number of oxime groups is 1. The van der Waals surface area contributed by atoms with E-state index >= 15 is 0 Å². The van der Waals surface area contributed by atoms with Crippen LogP contribution in [-0.4, -0.2) is 44.0 Å². The molecule has 0 spiro atoms. The van der Waals surface area contributed by atoms with Crippen LogP contribution in [0, 0.1) is 5.82 Å². The molecule has 2 aromatic rings. The van der Waals surface area contributed by atoms with Crippen LogP contribution in [0.15, 0.2) is 29.6 Å². The lowest BCUT2D eigenvalue weighted by Crippen LogP contribution is -2.34. The first-order valence-electron chi connectivity index (χ1n) is 7.97. The molecule has 0 amide bonds. The Morgan fingerprint density at radius 3 is 2.80 bits per heavy atom. The number of thiocarbonyl (C=S) groups is 1. The van der Waals surface area contributed by atoms with Gasteiger partial charge in [0, 0.05) is 32.0 Å². The molecular weight excluding hydrogens is 343 g/mol. The van der Waals surface area contributed by atoms with Crippen LogP contribution in [0.5, 0.6) is 0 Å². The van der Waals surface area contributed by atoms with Gasteiger partial charge in [0.2, 0.25) is 0 Å². The van der Waals surface area contributed by atoms with Gasteiger partial charge in [-0.25, -0.2) is 9.07 Å². The fourth-order valence-electron chi connectivity index (χ4n) is 2.72. The van der Waals surface area contributed by atoms with Crippen molar-refractivity contribution in [2.24, 2.45) is 5.16 Å². The quantitative estimate of drug-likeness (QED) is 0.494. The molecular formula is C16H19FN6OS. The molecule has 1 aromatic heterocycles. The molecule has 2 N–H and O–H groups in total. The Kier molecular flexibility index (Phi) is 5.22. The molecule has 0 bridgehead atoms. The Morgan fingerprint density at radius 1 is 1.40 bits per heavy atom. The molecule has 2 heterocycles. The van der Waals surface area contributed by atoms with Crippen molar-refractivity contribution in [1.29, 1.82) is 0 Å². The summed E-state index contributed by atoms with van der Waals surface area (Å²) in [6.45, 7) is 3.54. The van der Waals surface area contributed by atoms with Crippen LogP contribution < -0.4 is 10.2 Å². The molecule has 0 aliphatic carbocycles. The highest BCUT2D eigenvalue weighted by Gasteiger charge is 2.19. The number of nitrogens with zero attached hydrogens (tertiary/aromatic N) is 5. The standard InChI is InChI=1S/C16H19FN6OS/c1-11(25)18-9-13-10-23(21-19-13)14-2-3-16(15(17)8-14)22-6-4-12(20-24)5-7-22/h2-3,8,10,24H,4-7,9H2,1H3,(H,18,25). The Labute approximate surface area is 150 Å². The molecule has 1 aliphatic rings. The SMILES string of the molecule is CC(=S)NCc1cn(-c2ccc(N3CCC(=NO)CC3)c(F)c2)nn1. The third-order valence-corrected chi connectivity index (χ3v) is 4.22. The van der Waals surface area contributed by atoms with Gasteiger partial charge in [-0.2, -0.15) is 0 Å². The first kappa shape index (κ1) is 17.3. The zero-order valence-corrected chi connectivity index (χ0v) is 14.6. The number of halogens is 1. The molecule has 1 aliphatic heterocycles. The molecule has 1 saturated heterocycles. The number of anilines is 1. The predicted molar refractivity (Wildman–Crippen MR) is 97.1 cm³/mol. The molecule has 7 nitrogen and oxygen atoms in total. The van der Waals surface area contributed by atoms with Crippen molar-refractivity contribution in [1.82, 2.24) is 20.3 Å². The summed E-state index contributed by atoms with van der Waals surface area (Å²) in [5, 5.41) is 23.1. The fourth-order valence-corrected chi connectivity index (χ4v) is 2.79.